The summed E-state index contributed by atoms with van der Waals surface area (Å²) in [6.45, 7) is 2.41. The molecular weight excluding hydrogens is 430 g/mol. The number of benzene rings is 2. The molecule has 3 heterocycles. The highest BCUT2D eigenvalue weighted by molar-refractivity contribution is 6.01. The van der Waals surface area contributed by atoms with Gasteiger partial charge in [-0.1, -0.05) is 24.3 Å². The molecule has 9 nitrogen and oxygen atoms in total. The van der Waals surface area contributed by atoms with Crippen LogP contribution < -0.4 is 15.4 Å². The van der Waals surface area contributed by atoms with Gasteiger partial charge in [-0.2, -0.15) is 9.61 Å². The van der Waals surface area contributed by atoms with Gasteiger partial charge in [0.25, 0.3) is 0 Å². The van der Waals surface area contributed by atoms with Crippen molar-refractivity contribution in [1.29, 1.82) is 0 Å². The van der Waals surface area contributed by atoms with E-state index < -0.39 is 0 Å². The molecule has 0 fully saturated rings. The zero-order chi connectivity index (χ0) is 23.3. The molecule has 9 heteroatoms. The number of urea groups is 1. The Labute approximate surface area is 195 Å². The molecule has 0 aliphatic carbocycles. The first-order chi connectivity index (χ1) is 16.7. The van der Waals surface area contributed by atoms with Crippen LogP contribution in [0.5, 0.6) is 5.75 Å². The number of aromatic nitrogens is 5. The summed E-state index contributed by atoms with van der Waals surface area (Å²) in [5.74, 6) is 1.24. The lowest BCUT2D eigenvalue weighted by atomic mass is 10.1. The fourth-order valence-corrected chi connectivity index (χ4v) is 3.52. The molecule has 3 aromatic heterocycles. The van der Waals surface area contributed by atoms with E-state index >= 15 is 0 Å². The number of rotatable bonds is 6. The number of amides is 2. The number of hydrogen-bond donors (Lipinski definition) is 2. The van der Waals surface area contributed by atoms with E-state index in [0.717, 1.165) is 11.1 Å². The molecule has 34 heavy (non-hydrogen) atoms. The molecule has 2 N–H and O–H groups in total. The van der Waals surface area contributed by atoms with E-state index in [9.17, 15) is 4.79 Å². The summed E-state index contributed by atoms with van der Waals surface area (Å²) in [5.41, 5.74) is 4.28. The zero-order valence-corrected chi connectivity index (χ0v) is 18.3. The van der Waals surface area contributed by atoms with Gasteiger partial charge in [0.1, 0.15) is 5.75 Å². The normalized spacial score (nSPS) is 10.7. The van der Waals surface area contributed by atoms with Crippen molar-refractivity contribution in [3.05, 3.63) is 85.2 Å². The fraction of sp³-hybridized carbons (Fsp3) is 0.0800. The Bertz CT molecular complexity index is 1450. The smallest absolute Gasteiger partial charge is 0.323 e. The van der Waals surface area contributed by atoms with Crippen LogP contribution in [0.1, 0.15) is 6.92 Å². The Hall–Kier alpha value is -4.79. The summed E-state index contributed by atoms with van der Waals surface area (Å²) in [6, 6.07) is 21.8. The lowest BCUT2D eigenvalue weighted by Crippen LogP contribution is -2.20. The van der Waals surface area contributed by atoms with Crippen molar-refractivity contribution >= 4 is 23.1 Å². The maximum atomic E-state index is 12.6. The second-order valence-corrected chi connectivity index (χ2v) is 7.34. The average molecular weight is 451 g/mol. The van der Waals surface area contributed by atoms with Crippen LogP contribution >= 0.6 is 0 Å². The Morgan fingerprint density at radius 1 is 0.912 bits per heavy atom. The molecule has 0 spiro atoms. The molecule has 2 amide bonds. The molecule has 0 atom stereocenters. The molecule has 168 valence electrons. The van der Waals surface area contributed by atoms with E-state index in [1.54, 1.807) is 23.0 Å². The van der Waals surface area contributed by atoms with Crippen molar-refractivity contribution in [2.24, 2.45) is 0 Å². The van der Waals surface area contributed by atoms with Crippen LogP contribution in [0.25, 0.3) is 28.3 Å². The van der Waals surface area contributed by atoms with Gasteiger partial charge < -0.3 is 15.4 Å². The average Bonchev–Trinajstić information content (AvgIpc) is 3.29. The third-order valence-electron chi connectivity index (χ3n) is 5.05. The van der Waals surface area contributed by atoms with Crippen molar-refractivity contribution in [1.82, 2.24) is 24.8 Å². The molecule has 0 unspecified atom stereocenters. The molecular formula is C25H21N7O2. The molecule has 2 aromatic carbocycles. The first-order valence-electron chi connectivity index (χ1n) is 10.7. The van der Waals surface area contributed by atoms with Gasteiger partial charge in [0, 0.05) is 29.2 Å². The van der Waals surface area contributed by atoms with Crippen molar-refractivity contribution in [3.63, 3.8) is 0 Å². The van der Waals surface area contributed by atoms with E-state index in [0.29, 0.717) is 40.9 Å². The van der Waals surface area contributed by atoms with Crippen LogP contribution in [0.3, 0.4) is 0 Å². The maximum Gasteiger partial charge on any atom is 0.323 e. The molecule has 0 saturated heterocycles. The number of ether oxygens (including phenoxy) is 1. The third-order valence-corrected chi connectivity index (χ3v) is 5.05. The number of para-hydroxylation sites is 2. The second-order valence-electron chi connectivity index (χ2n) is 7.34. The van der Waals surface area contributed by atoms with Crippen LogP contribution in [0.15, 0.2) is 85.2 Å². The molecule has 0 radical (unpaired) electrons. The predicted octanol–water partition coefficient (Wildman–Crippen LogP) is 4.90. The standard InChI is InChI=1S/C25H21N7O2/c1-2-34-22-9-4-3-8-21(22)28-25(33)27-19-7-5-6-18(16-19)20-10-11-23-29-30-24(32(23)31-20)17-12-14-26-15-13-17/h3-16H,2H2,1H3,(H2,27,28,33). The first kappa shape index (κ1) is 21.1. The minimum atomic E-state index is -0.369. The van der Waals surface area contributed by atoms with Crippen LogP contribution in [0.2, 0.25) is 0 Å². The van der Waals surface area contributed by atoms with Crippen molar-refractivity contribution in [3.8, 4) is 28.4 Å². The molecule has 5 aromatic rings. The molecule has 0 aliphatic heterocycles. The van der Waals surface area contributed by atoms with Crippen LogP contribution in [-0.2, 0) is 0 Å². The minimum Gasteiger partial charge on any atom is -0.492 e. The fourth-order valence-electron chi connectivity index (χ4n) is 3.52. The number of carbonyl (C=O) groups excluding carboxylic acids is 1. The predicted molar refractivity (Wildman–Crippen MR) is 130 cm³/mol. The number of anilines is 2. The van der Waals surface area contributed by atoms with Crippen LogP contribution in [0, 0.1) is 0 Å². The van der Waals surface area contributed by atoms with Crippen molar-refractivity contribution < 1.29 is 9.53 Å². The van der Waals surface area contributed by atoms with Gasteiger partial charge in [-0.05, 0) is 55.5 Å². The van der Waals surface area contributed by atoms with Crippen molar-refractivity contribution in [2.75, 3.05) is 17.2 Å². The molecule has 5 rings (SSSR count). The summed E-state index contributed by atoms with van der Waals surface area (Å²) < 4.78 is 7.26. The highest BCUT2D eigenvalue weighted by Crippen LogP contribution is 2.25. The van der Waals surface area contributed by atoms with E-state index in [1.807, 2.05) is 73.7 Å². The number of hydrogen-bond acceptors (Lipinski definition) is 6. The Morgan fingerprint density at radius 3 is 2.62 bits per heavy atom. The summed E-state index contributed by atoms with van der Waals surface area (Å²) in [7, 11) is 0. The van der Waals surface area contributed by atoms with E-state index in [2.05, 4.69) is 25.8 Å². The summed E-state index contributed by atoms with van der Waals surface area (Å²) >= 11 is 0. The highest BCUT2D eigenvalue weighted by atomic mass is 16.5. The Kier molecular flexibility index (Phi) is 5.81. The molecule has 0 aliphatic rings. The van der Waals surface area contributed by atoms with Gasteiger partial charge in [-0.3, -0.25) is 4.98 Å². The number of nitrogens with one attached hydrogen (secondary N) is 2. The van der Waals surface area contributed by atoms with Crippen molar-refractivity contribution in [2.45, 2.75) is 6.92 Å². The number of carbonyl (C=O) groups is 1. The van der Waals surface area contributed by atoms with Crippen LogP contribution in [0.4, 0.5) is 16.2 Å². The lowest BCUT2D eigenvalue weighted by Gasteiger charge is -2.12. The highest BCUT2D eigenvalue weighted by Gasteiger charge is 2.12. The summed E-state index contributed by atoms with van der Waals surface area (Å²) in [6.07, 6.45) is 3.40. The lowest BCUT2D eigenvalue weighted by molar-refractivity contribution is 0.262. The van der Waals surface area contributed by atoms with Gasteiger partial charge in [-0.25, -0.2) is 4.79 Å². The minimum absolute atomic E-state index is 0.369. The Morgan fingerprint density at radius 2 is 1.76 bits per heavy atom. The van der Waals surface area contributed by atoms with Gasteiger partial charge in [0.05, 0.1) is 18.0 Å². The number of pyridine rings is 1. The van der Waals surface area contributed by atoms with Gasteiger partial charge in [0.15, 0.2) is 11.5 Å². The SMILES string of the molecule is CCOc1ccccc1NC(=O)Nc1cccc(-c2ccc3nnc(-c4ccncc4)n3n2)c1. The quantitative estimate of drug-likeness (QED) is 0.380. The second kappa shape index (κ2) is 9.37. The number of nitrogens with zero attached hydrogens (tertiary/aromatic N) is 5. The van der Waals surface area contributed by atoms with E-state index in [-0.39, 0.29) is 6.03 Å². The summed E-state index contributed by atoms with van der Waals surface area (Å²) in [4.78, 5) is 16.7. The largest absolute Gasteiger partial charge is 0.492 e. The van der Waals surface area contributed by atoms with Gasteiger partial charge in [-0.15, -0.1) is 10.2 Å². The third kappa shape index (κ3) is 4.40. The monoisotopic (exact) mass is 451 g/mol. The zero-order valence-electron chi connectivity index (χ0n) is 18.3. The Balaban J connectivity index is 1.38. The topological polar surface area (TPSA) is 106 Å². The number of fused-ring (bicyclic) bond motifs is 1. The van der Waals surface area contributed by atoms with Gasteiger partial charge >= 0.3 is 6.03 Å². The van der Waals surface area contributed by atoms with Gasteiger partial charge in [0.2, 0.25) is 0 Å². The molecule has 0 bridgehead atoms. The van der Waals surface area contributed by atoms with E-state index in [4.69, 9.17) is 9.84 Å². The maximum absolute atomic E-state index is 12.6. The van der Waals surface area contributed by atoms with E-state index in [1.165, 1.54) is 0 Å². The summed E-state index contributed by atoms with van der Waals surface area (Å²) in [5, 5.41) is 18.9. The molecule has 0 saturated carbocycles. The first-order valence-corrected chi connectivity index (χ1v) is 10.7. The van der Waals surface area contributed by atoms with Crippen LogP contribution in [-0.4, -0.2) is 37.4 Å².